The lowest BCUT2D eigenvalue weighted by atomic mass is 9.89. The largest absolute Gasteiger partial charge is 0.476 e. The second-order valence-electron chi connectivity index (χ2n) is 5.71. The van der Waals surface area contributed by atoms with Crippen molar-refractivity contribution in [3.8, 4) is 0 Å². The van der Waals surface area contributed by atoms with E-state index in [-0.39, 0.29) is 17.3 Å². The van der Waals surface area contributed by atoms with E-state index in [1.807, 2.05) is 12.1 Å². The van der Waals surface area contributed by atoms with Crippen molar-refractivity contribution in [2.75, 3.05) is 13.1 Å². The number of amides is 1. The van der Waals surface area contributed by atoms with Crippen LogP contribution in [0.1, 0.15) is 45.3 Å². The number of hydrogen-bond donors (Lipinski definition) is 1. The van der Waals surface area contributed by atoms with Gasteiger partial charge in [-0.1, -0.05) is 28.1 Å². The van der Waals surface area contributed by atoms with Gasteiger partial charge in [0.2, 0.25) is 0 Å². The maximum absolute atomic E-state index is 12.4. The summed E-state index contributed by atoms with van der Waals surface area (Å²) in [5, 5.41) is 8.82. The van der Waals surface area contributed by atoms with E-state index >= 15 is 0 Å². The minimum absolute atomic E-state index is 0.167. The smallest absolute Gasteiger partial charge is 0.356 e. The number of likely N-dealkylation sites (tertiary alicyclic amines) is 1. The molecule has 1 aromatic heterocycles. The zero-order chi connectivity index (χ0) is 17.1. The summed E-state index contributed by atoms with van der Waals surface area (Å²) in [7, 11) is 0. The highest BCUT2D eigenvalue weighted by molar-refractivity contribution is 9.10. The predicted octanol–water partition coefficient (Wildman–Crippen LogP) is 2.96. The van der Waals surface area contributed by atoms with Crippen LogP contribution in [0.5, 0.6) is 0 Å². The molecule has 1 saturated heterocycles. The third-order valence-electron chi connectivity index (χ3n) is 4.19. The number of carbonyl (C=O) groups excluding carboxylic acids is 1. The molecule has 1 aliphatic rings. The highest BCUT2D eigenvalue weighted by Gasteiger charge is 2.25. The molecule has 0 saturated carbocycles. The number of carboxylic acids is 1. The van der Waals surface area contributed by atoms with Gasteiger partial charge in [-0.2, -0.15) is 0 Å². The summed E-state index contributed by atoms with van der Waals surface area (Å²) in [4.78, 5) is 32.6. The highest BCUT2D eigenvalue weighted by atomic mass is 79.9. The Kier molecular flexibility index (Phi) is 4.89. The van der Waals surface area contributed by atoms with E-state index in [1.54, 1.807) is 4.90 Å². The molecule has 1 fully saturated rings. The molecule has 0 radical (unpaired) electrons. The van der Waals surface area contributed by atoms with Gasteiger partial charge in [0.1, 0.15) is 5.69 Å². The van der Waals surface area contributed by atoms with E-state index in [4.69, 9.17) is 5.11 Å². The van der Waals surface area contributed by atoms with Gasteiger partial charge in [0.25, 0.3) is 5.91 Å². The molecule has 0 spiro atoms. The van der Waals surface area contributed by atoms with Gasteiger partial charge in [-0.05, 0) is 36.5 Å². The molecule has 2 aromatic rings. The molecule has 1 aromatic carbocycles. The standard InChI is InChI=1S/C17H16BrN3O3/c18-13-3-1-2-12(8-13)11-4-6-21(7-5-11)16(22)14-9-20-15(10-19-14)17(23)24/h1-3,8-11H,4-7H2,(H,23,24). The van der Waals surface area contributed by atoms with Gasteiger partial charge in [0.15, 0.2) is 5.69 Å². The average Bonchev–Trinajstić information content (AvgIpc) is 2.61. The molecule has 0 unspecified atom stereocenters. The second kappa shape index (κ2) is 7.09. The van der Waals surface area contributed by atoms with Crippen molar-refractivity contribution in [1.82, 2.24) is 14.9 Å². The highest BCUT2D eigenvalue weighted by Crippen LogP contribution is 2.29. The third kappa shape index (κ3) is 3.62. The molecular weight excluding hydrogens is 374 g/mol. The first-order valence-electron chi connectivity index (χ1n) is 7.64. The van der Waals surface area contributed by atoms with E-state index in [2.05, 4.69) is 38.0 Å². The Morgan fingerprint density at radius 1 is 1.12 bits per heavy atom. The molecule has 6 nitrogen and oxygen atoms in total. The Morgan fingerprint density at radius 3 is 2.38 bits per heavy atom. The number of carbonyl (C=O) groups is 2. The molecule has 3 rings (SSSR count). The third-order valence-corrected chi connectivity index (χ3v) is 4.69. The first-order valence-corrected chi connectivity index (χ1v) is 8.44. The van der Waals surface area contributed by atoms with Gasteiger partial charge < -0.3 is 10.0 Å². The quantitative estimate of drug-likeness (QED) is 0.871. The number of piperidine rings is 1. The lowest BCUT2D eigenvalue weighted by Crippen LogP contribution is -2.38. The fourth-order valence-electron chi connectivity index (χ4n) is 2.89. The molecule has 124 valence electrons. The zero-order valence-corrected chi connectivity index (χ0v) is 14.4. The van der Waals surface area contributed by atoms with E-state index in [9.17, 15) is 9.59 Å². The summed E-state index contributed by atoms with van der Waals surface area (Å²) in [5.74, 6) is -0.921. The molecule has 1 amide bonds. The van der Waals surface area contributed by atoms with Gasteiger partial charge in [-0.15, -0.1) is 0 Å². The van der Waals surface area contributed by atoms with Crippen LogP contribution in [-0.2, 0) is 0 Å². The van der Waals surface area contributed by atoms with Gasteiger partial charge in [0.05, 0.1) is 12.4 Å². The van der Waals surface area contributed by atoms with Gasteiger partial charge in [0, 0.05) is 17.6 Å². The van der Waals surface area contributed by atoms with Gasteiger partial charge in [-0.3, -0.25) is 4.79 Å². The summed E-state index contributed by atoms with van der Waals surface area (Å²) < 4.78 is 1.06. The molecule has 0 bridgehead atoms. The Labute approximate surface area is 147 Å². The summed E-state index contributed by atoms with van der Waals surface area (Å²) in [6, 6.07) is 8.26. The number of hydrogen-bond acceptors (Lipinski definition) is 4. The van der Waals surface area contributed by atoms with Crippen LogP contribution in [0.25, 0.3) is 0 Å². The fourth-order valence-corrected chi connectivity index (χ4v) is 3.30. The number of nitrogens with zero attached hydrogens (tertiary/aromatic N) is 3. The van der Waals surface area contributed by atoms with Crippen molar-refractivity contribution >= 4 is 27.8 Å². The normalized spacial score (nSPS) is 15.3. The first kappa shape index (κ1) is 16.6. The van der Waals surface area contributed by atoms with E-state index in [0.29, 0.717) is 19.0 Å². The van der Waals surface area contributed by atoms with Crippen LogP contribution in [0.15, 0.2) is 41.1 Å². The maximum Gasteiger partial charge on any atom is 0.356 e. The Hall–Kier alpha value is -2.28. The number of carboxylic acid groups (broad SMARTS) is 1. The molecule has 24 heavy (non-hydrogen) atoms. The van der Waals surface area contributed by atoms with Crippen LogP contribution in [0, 0.1) is 0 Å². The molecular formula is C17H16BrN3O3. The Bertz CT molecular complexity index is 756. The average molecular weight is 390 g/mol. The monoisotopic (exact) mass is 389 g/mol. The topological polar surface area (TPSA) is 83.4 Å². The lowest BCUT2D eigenvalue weighted by molar-refractivity contribution is 0.0679. The van der Waals surface area contributed by atoms with Crippen LogP contribution in [0.4, 0.5) is 0 Å². The first-order chi connectivity index (χ1) is 11.5. The number of halogens is 1. The minimum Gasteiger partial charge on any atom is -0.476 e. The maximum atomic E-state index is 12.4. The van der Waals surface area contributed by atoms with E-state index < -0.39 is 5.97 Å². The molecule has 1 aliphatic heterocycles. The van der Waals surface area contributed by atoms with Crippen LogP contribution >= 0.6 is 15.9 Å². The molecule has 0 atom stereocenters. The van der Waals surface area contributed by atoms with Crippen LogP contribution in [0.2, 0.25) is 0 Å². The number of aromatic carboxylic acids is 1. The van der Waals surface area contributed by atoms with Crippen molar-refractivity contribution in [1.29, 1.82) is 0 Å². The van der Waals surface area contributed by atoms with Crippen molar-refractivity contribution in [2.45, 2.75) is 18.8 Å². The van der Waals surface area contributed by atoms with Gasteiger partial charge in [-0.25, -0.2) is 14.8 Å². The molecule has 7 heteroatoms. The van der Waals surface area contributed by atoms with Crippen molar-refractivity contribution in [3.05, 3.63) is 58.1 Å². The van der Waals surface area contributed by atoms with Gasteiger partial charge >= 0.3 is 5.97 Å². The zero-order valence-electron chi connectivity index (χ0n) is 12.9. The number of aromatic nitrogens is 2. The molecule has 2 heterocycles. The summed E-state index contributed by atoms with van der Waals surface area (Å²) in [6.45, 7) is 1.30. The predicted molar refractivity (Wildman–Crippen MR) is 91.0 cm³/mol. The minimum atomic E-state index is -1.16. The van der Waals surface area contributed by atoms with E-state index in [1.165, 1.54) is 11.8 Å². The summed E-state index contributed by atoms with van der Waals surface area (Å²) in [5.41, 5.74) is 1.29. The van der Waals surface area contributed by atoms with E-state index in [0.717, 1.165) is 23.5 Å². The number of rotatable bonds is 3. The summed E-state index contributed by atoms with van der Waals surface area (Å²) >= 11 is 3.49. The molecule has 0 aliphatic carbocycles. The number of benzene rings is 1. The van der Waals surface area contributed by atoms with Crippen molar-refractivity contribution < 1.29 is 14.7 Å². The van der Waals surface area contributed by atoms with Crippen molar-refractivity contribution in [2.24, 2.45) is 0 Å². The fraction of sp³-hybridized carbons (Fsp3) is 0.294. The lowest BCUT2D eigenvalue weighted by Gasteiger charge is -2.32. The van der Waals surface area contributed by atoms with Crippen molar-refractivity contribution in [3.63, 3.8) is 0 Å². The van der Waals surface area contributed by atoms with Crippen LogP contribution in [-0.4, -0.2) is 44.9 Å². The Balaban J connectivity index is 1.63. The SMILES string of the molecule is O=C(O)c1cnc(C(=O)N2CCC(c3cccc(Br)c3)CC2)cn1. The van der Waals surface area contributed by atoms with Crippen LogP contribution < -0.4 is 0 Å². The molecule has 1 N–H and O–H groups in total. The van der Waals surface area contributed by atoms with Crippen LogP contribution in [0.3, 0.4) is 0 Å². The summed E-state index contributed by atoms with van der Waals surface area (Å²) in [6.07, 6.45) is 4.13. The Morgan fingerprint density at radius 2 is 1.79 bits per heavy atom. The second-order valence-corrected chi connectivity index (χ2v) is 6.63.